The van der Waals surface area contributed by atoms with Crippen LogP contribution >= 0.6 is 0 Å². The van der Waals surface area contributed by atoms with Crippen LogP contribution in [0.4, 0.5) is 0 Å². The first kappa shape index (κ1) is 14.3. The molecule has 0 saturated carbocycles. The Kier molecular flexibility index (Phi) is 5.46. The topological polar surface area (TPSA) is 24.5 Å². The predicted molar refractivity (Wildman–Crippen MR) is 75.8 cm³/mol. The third-order valence-corrected chi connectivity index (χ3v) is 4.34. The zero-order valence-electron chi connectivity index (χ0n) is 12.3. The number of rotatable bonds is 5. The molecule has 0 radical (unpaired) electrons. The summed E-state index contributed by atoms with van der Waals surface area (Å²) in [6, 6.07) is 0.696. The lowest BCUT2D eigenvalue weighted by atomic mass is 9.97. The van der Waals surface area contributed by atoms with Crippen LogP contribution in [0.2, 0.25) is 0 Å². The highest BCUT2D eigenvalue weighted by atomic mass is 16.5. The van der Waals surface area contributed by atoms with Gasteiger partial charge in [0.05, 0.1) is 6.10 Å². The first-order chi connectivity index (χ1) is 8.69. The van der Waals surface area contributed by atoms with Gasteiger partial charge in [0.25, 0.3) is 0 Å². The highest BCUT2D eigenvalue weighted by molar-refractivity contribution is 4.84. The van der Waals surface area contributed by atoms with E-state index in [0.29, 0.717) is 12.1 Å². The van der Waals surface area contributed by atoms with Gasteiger partial charge in [-0.25, -0.2) is 0 Å². The van der Waals surface area contributed by atoms with Crippen LogP contribution in [0.15, 0.2) is 0 Å². The smallest absolute Gasteiger partial charge is 0.0613 e. The standard InChI is InChI=1S/C15H30N2O/c1-4-15-13(5-8-18-15)10-17-7-6-16-14(11-17)9-12(2)3/h12-16H,4-11H2,1-3H3. The summed E-state index contributed by atoms with van der Waals surface area (Å²) in [5, 5.41) is 3.66. The Labute approximate surface area is 112 Å². The largest absolute Gasteiger partial charge is 0.378 e. The van der Waals surface area contributed by atoms with Crippen molar-refractivity contribution >= 4 is 0 Å². The molecule has 0 aliphatic carbocycles. The van der Waals surface area contributed by atoms with E-state index in [1.54, 1.807) is 0 Å². The predicted octanol–water partition coefficient (Wildman–Crippen LogP) is 2.12. The van der Waals surface area contributed by atoms with Gasteiger partial charge in [0.2, 0.25) is 0 Å². The first-order valence-electron chi connectivity index (χ1n) is 7.76. The summed E-state index contributed by atoms with van der Waals surface area (Å²) in [6.45, 7) is 12.7. The second-order valence-corrected chi connectivity index (χ2v) is 6.41. The maximum absolute atomic E-state index is 5.81. The van der Waals surface area contributed by atoms with E-state index in [9.17, 15) is 0 Å². The minimum absolute atomic E-state index is 0.517. The molecule has 2 saturated heterocycles. The lowest BCUT2D eigenvalue weighted by Gasteiger charge is -2.36. The summed E-state index contributed by atoms with van der Waals surface area (Å²) in [5.41, 5.74) is 0. The number of hydrogen-bond acceptors (Lipinski definition) is 3. The summed E-state index contributed by atoms with van der Waals surface area (Å²) in [7, 11) is 0. The average molecular weight is 254 g/mol. The van der Waals surface area contributed by atoms with Crippen molar-refractivity contribution in [2.75, 3.05) is 32.8 Å². The molecule has 2 aliphatic rings. The van der Waals surface area contributed by atoms with Gasteiger partial charge >= 0.3 is 0 Å². The molecule has 106 valence electrons. The molecule has 0 aromatic rings. The van der Waals surface area contributed by atoms with E-state index in [2.05, 4.69) is 31.0 Å². The summed E-state index contributed by atoms with van der Waals surface area (Å²) < 4.78 is 5.81. The van der Waals surface area contributed by atoms with Crippen molar-refractivity contribution in [3.05, 3.63) is 0 Å². The van der Waals surface area contributed by atoms with Crippen LogP contribution in [-0.2, 0) is 4.74 Å². The van der Waals surface area contributed by atoms with E-state index in [0.717, 1.165) is 25.0 Å². The maximum atomic E-state index is 5.81. The highest BCUT2D eigenvalue weighted by Crippen LogP contribution is 2.25. The van der Waals surface area contributed by atoms with Crippen LogP contribution in [0.3, 0.4) is 0 Å². The first-order valence-corrected chi connectivity index (χ1v) is 7.76. The van der Waals surface area contributed by atoms with E-state index in [-0.39, 0.29) is 0 Å². The molecule has 0 aromatic carbocycles. The Morgan fingerprint density at radius 3 is 2.94 bits per heavy atom. The van der Waals surface area contributed by atoms with Gasteiger partial charge in [0.15, 0.2) is 0 Å². The van der Waals surface area contributed by atoms with Crippen LogP contribution < -0.4 is 5.32 Å². The molecule has 3 unspecified atom stereocenters. The monoisotopic (exact) mass is 254 g/mol. The number of nitrogens with one attached hydrogen (secondary N) is 1. The van der Waals surface area contributed by atoms with Gasteiger partial charge in [0, 0.05) is 38.8 Å². The van der Waals surface area contributed by atoms with Crippen molar-refractivity contribution < 1.29 is 4.74 Å². The van der Waals surface area contributed by atoms with E-state index in [4.69, 9.17) is 4.74 Å². The van der Waals surface area contributed by atoms with E-state index in [1.165, 1.54) is 38.9 Å². The minimum atomic E-state index is 0.517. The van der Waals surface area contributed by atoms with Crippen molar-refractivity contribution in [3.8, 4) is 0 Å². The number of ether oxygens (including phenoxy) is 1. The van der Waals surface area contributed by atoms with E-state index < -0.39 is 0 Å². The molecule has 18 heavy (non-hydrogen) atoms. The zero-order valence-corrected chi connectivity index (χ0v) is 12.3. The molecule has 1 N–H and O–H groups in total. The molecular weight excluding hydrogens is 224 g/mol. The van der Waals surface area contributed by atoms with Crippen molar-refractivity contribution in [3.63, 3.8) is 0 Å². The molecule has 2 fully saturated rings. The normalized spacial score (nSPS) is 34.3. The van der Waals surface area contributed by atoms with Gasteiger partial charge in [-0.3, -0.25) is 0 Å². The van der Waals surface area contributed by atoms with Gasteiger partial charge < -0.3 is 15.0 Å². The molecule has 0 amide bonds. The fourth-order valence-electron chi connectivity index (χ4n) is 3.47. The van der Waals surface area contributed by atoms with E-state index in [1.807, 2.05) is 0 Å². The molecule has 2 aliphatic heterocycles. The van der Waals surface area contributed by atoms with Crippen LogP contribution in [0.5, 0.6) is 0 Å². The fourth-order valence-corrected chi connectivity index (χ4v) is 3.47. The zero-order chi connectivity index (χ0) is 13.0. The molecule has 2 rings (SSSR count). The molecular formula is C15H30N2O. The average Bonchev–Trinajstić information content (AvgIpc) is 2.76. The van der Waals surface area contributed by atoms with Crippen molar-refractivity contribution in [2.24, 2.45) is 11.8 Å². The minimum Gasteiger partial charge on any atom is -0.378 e. The van der Waals surface area contributed by atoms with Crippen LogP contribution in [0, 0.1) is 11.8 Å². The Bertz CT molecular complexity index is 245. The van der Waals surface area contributed by atoms with Gasteiger partial charge in [-0.2, -0.15) is 0 Å². The van der Waals surface area contributed by atoms with Crippen molar-refractivity contribution in [1.29, 1.82) is 0 Å². The van der Waals surface area contributed by atoms with E-state index >= 15 is 0 Å². The molecule has 0 spiro atoms. The number of nitrogens with zero attached hydrogens (tertiary/aromatic N) is 1. The van der Waals surface area contributed by atoms with Crippen LogP contribution in [0.1, 0.15) is 40.0 Å². The summed E-state index contributed by atoms with van der Waals surface area (Å²) in [6.07, 6.45) is 4.25. The molecule has 3 nitrogen and oxygen atoms in total. The van der Waals surface area contributed by atoms with Gasteiger partial charge in [0.1, 0.15) is 0 Å². The van der Waals surface area contributed by atoms with Crippen molar-refractivity contribution in [2.45, 2.75) is 52.2 Å². The number of hydrogen-bond donors (Lipinski definition) is 1. The van der Waals surface area contributed by atoms with Crippen LogP contribution in [-0.4, -0.2) is 49.8 Å². The molecule has 2 heterocycles. The summed E-state index contributed by atoms with van der Waals surface area (Å²) >= 11 is 0. The van der Waals surface area contributed by atoms with Gasteiger partial charge in [-0.15, -0.1) is 0 Å². The maximum Gasteiger partial charge on any atom is 0.0613 e. The second kappa shape index (κ2) is 6.88. The number of piperazine rings is 1. The summed E-state index contributed by atoms with van der Waals surface area (Å²) in [5.74, 6) is 1.56. The quantitative estimate of drug-likeness (QED) is 0.813. The lowest BCUT2D eigenvalue weighted by molar-refractivity contribution is 0.0696. The van der Waals surface area contributed by atoms with Gasteiger partial charge in [-0.1, -0.05) is 20.8 Å². The summed E-state index contributed by atoms with van der Waals surface area (Å²) in [4.78, 5) is 2.66. The second-order valence-electron chi connectivity index (χ2n) is 6.41. The molecule has 3 atom stereocenters. The van der Waals surface area contributed by atoms with Gasteiger partial charge in [-0.05, 0) is 31.1 Å². The Morgan fingerprint density at radius 2 is 2.22 bits per heavy atom. The molecule has 3 heteroatoms. The Morgan fingerprint density at radius 1 is 1.39 bits per heavy atom. The third-order valence-electron chi connectivity index (χ3n) is 4.34. The Hall–Kier alpha value is -0.120. The van der Waals surface area contributed by atoms with Crippen LogP contribution in [0.25, 0.3) is 0 Å². The SMILES string of the molecule is CCC1OCCC1CN1CCNC(CC(C)C)C1. The lowest BCUT2D eigenvalue weighted by Crippen LogP contribution is -2.52. The molecule has 0 aromatic heterocycles. The Balaban J connectivity index is 1.78. The van der Waals surface area contributed by atoms with Crippen molar-refractivity contribution in [1.82, 2.24) is 10.2 Å². The molecule has 0 bridgehead atoms. The third kappa shape index (κ3) is 3.94. The highest BCUT2D eigenvalue weighted by Gasteiger charge is 2.30. The fraction of sp³-hybridized carbons (Fsp3) is 1.00.